The molecule has 190 valence electrons. The third-order valence-electron chi connectivity index (χ3n) is 7.75. The van der Waals surface area contributed by atoms with Crippen LogP contribution in [0, 0.1) is 5.82 Å². The van der Waals surface area contributed by atoms with E-state index in [1.54, 1.807) is 13.1 Å². The summed E-state index contributed by atoms with van der Waals surface area (Å²) < 4.78 is 20.4. The van der Waals surface area contributed by atoms with Crippen molar-refractivity contribution in [3.05, 3.63) is 52.8 Å². The van der Waals surface area contributed by atoms with Gasteiger partial charge in [-0.15, -0.1) is 0 Å². The molecule has 0 bridgehead atoms. The molecule has 37 heavy (non-hydrogen) atoms. The van der Waals surface area contributed by atoms with E-state index >= 15 is 0 Å². The van der Waals surface area contributed by atoms with E-state index in [4.69, 9.17) is 4.74 Å². The predicted octanol–water partition coefficient (Wildman–Crippen LogP) is 2.23. The number of piperidine rings is 1. The Morgan fingerprint density at radius 3 is 2.62 bits per heavy atom. The molecule has 1 aliphatic carbocycles. The molecule has 10 nitrogen and oxygen atoms in total. The van der Waals surface area contributed by atoms with Crippen LogP contribution in [0.5, 0.6) is 5.75 Å². The second-order valence-corrected chi connectivity index (χ2v) is 9.91. The van der Waals surface area contributed by atoms with Crippen LogP contribution in [0.15, 0.2) is 30.3 Å². The second-order valence-electron chi connectivity index (χ2n) is 9.91. The van der Waals surface area contributed by atoms with Crippen molar-refractivity contribution < 1.29 is 33.1 Å². The van der Waals surface area contributed by atoms with Crippen molar-refractivity contribution in [2.75, 3.05) is 23.9 Å². The number of fused-ring (bicyclic) bond motifs is 3. The Morgan fingerprint density at radius 2 is 1.92 bits per heavy atom. The van der Waals surface area contributed by atoms with Gasteiger partial charge in [-0.2, -0.15) is 0 Å². The predicted molar refractivity (Wildman–Crippen MR) is 128 cm³/mol. The van der Waals surface area contributed by atoms with Gasteiger partial charge in [0, 0.05) is 38.7 Å². The van der Waals surface area contributed by atoms with Crippen molar-refractivity contribution in [1.29, 1.82) is 0 Å². The molecule has 0 aromatic heterocycles. The highest BCUT2D eigenvalue weighted by Crippen LogP contribution is 2.57. The molecule has 11 heteroatoms. The normalized spacial score (nSPS) is 21.2. The van der Waals surface area contributed by atoms with E-state index in [9.17, 15) is 28.4 Å². The fourth-order valence-electron chi connectivity index (χ4n) is 5.49. The second kappa shape index (κ2) is 7.86. The molecule has 2 aromatic carbocycles. The number of nitrogens with one attached hydrogen (secondary N) is 1. The summed E-state index contributed by atoms with van der Waals surface area (Å²) in [5.74, 6) is -1.93. The molecule has 5 amide bonds. The standard InChI is InChI=1S/C26H23FN4O6/c1-29-19-11-17(27)20(10-16(19)26(7-8-26)24(29)35)30(2)25(36)37-14-4-3-13-12-31(23(34)15(13)9-14)18-5-6-21(32)28-22(18)33/h3-4,9-11,18H,5-8,12H2,1-2H3,(H,28,32,33). The Balaban J connectivity index is 1.20. The monoisotopic (exact) mass is 506 g/mol. The first-order chi connectivity index (χ1) is 17.6. The SMILES string of the molecule is CN(C(=O)Oc1ccc2c(c1)C(=O)N(C1CCC(=O)NC1=O)C2)c1cc2c(cc1F)N(C)C(=O)C21CC1. The Morgan fingerprint density at radius 1 is 1.16 bits per heavy atom. The molecule has 2 aromatic rings. The highest BCUT2D eigenvalue weighted by atomic mass is 19.1. The van der Waals surface area contributed by atoms with Gasteiger partial charge in [-0.1, -0.05) is 6.07 Å². The number of rotatable bonds is 3. The lowest BCUT2D eigenvalue weighted by Crippen LogP contribution is -2.52. The highest BCUT2D eigenvalue weighted by Gasteiger charge is 2.58. The number of hydrogen-bond acceptors (Lipinski definition) is 6. The Hall–Kier alpha value is -4.28. The van der Waals surface area contributed by atoms with E-state index in [-0.39, 0.29) is 42.6 Å². The minimum absolute atomic E-state index is 0.0144. The lowest BCUT2D eigenvalue weighted by Gasteiger charge is -2.29. The fourth-order valence-corrected chi connectivity index (χ4v) is 5.49. The van der Waals surface area contributed by atoms with Crippen molar-refractivity contribution in [3.63, 3.8) is 0 Å². The average Bonchev–Trinajstić information content (AvgIpc) is 3.58. The van der Waals surface area contributed by atoms with Crippen LogP contribution in [0.4, 0.5) is 20.6 Å². The number of imide groups is 1. The lowest BCUT2D eigenvalue weighted by molar-refractivity contribution is -0.137. The number of nitrogens with zero attached hydrogens (tertiary/aromatic N) is 3. The quantitative estimate of drug-likeness (QED) is 0.639. The summed E-state index contributed by atoms with van der Waals surface area (Å²) in [6.07, 6.45) is 0.889. The van der Waals surface area contributed by atoms with Gasteiger partial charge in [-0.05, 0) is 48.6 Å². The Kier molecular flexibility index (Phi) is 4.91. The molecular weight excluding hydrogens is 483 g/mol. The number of likely N-dealkylation sites (N-methyl/N-ethyl adjacent to an activating group) is 1. The summed E-state index contributed by atoms with van der Waals surface area (Å²) in [7, 11) is 2.98. The molecule has 1 spiro atoms. The van der Waals surface area contributed by atoms with E-state index in [0.29, 0.717) is 35.2 Å². The topological polar surface area (TPSA) is 116 Å². The number of carbonyl (C=O) groups excluding carboxylic acids is 5. The Bertz CT molecular complexity index is 1430. The summed E-state index contributed by atoms with van der Waals surface area (Å²) in [5, 5.41) is 2.25. The smallest absolute Gasteiger partial charge is 0.410 e. The van der Waals surface area contributed by atoms with Crippen molar-refractivity contribution in [2.45, 2.75) is 43.7 Å². The number of ether oxygens (including phenoxy) is 1. The number of anilines is 2. The maximum Gasteiger partial charge on any atom is 0.419 e. The van der Waals surface area contributed by atoms with Gasteiger partial charge in [-0.3, -0.25) is 29.4 Å². The van der Waals surface area contributed by atoms with Crippen LogP contribution in [-0.2, 0) is 26.3 Å². The van der Waals surface area contributed by atoms with E-state index in [2.05, 4.69) is 5.32 Å². The summed E-state index contributed by atoms with van der Waals surface area (Å²) in [6, 6.07) is 6.62. The van der Waals surface area contributed by atoms with Gasteiger partial charge in [0.1, 0.15) is 17.6 Å². The van der Waals surface area contributed by atoms with Crippen molar-refractivity contribution in [3.8, 4) is 5.75 Å². The molecule has 4 aliphatic rings. The van der Waals surface area contributed by atoms with Crippen LogP contribution in [0.25, 0.3) is 0 Å². The highest BCUT2D eigenvalue weighted by molar-refractivity contribution is 6.10. The van der Waals surface area contributed by atoms with Crippen molar-refractivity contribution in [2.24, 2.45) is 0 Å². The van der Waals surface area contributed by atoms with Crippen LogP contribution >= 0.6 is 0 Å². The third kappa shape index (κ3) is 3.40. The molecule has 1 saturated heterocycles. The van der Waals surface area contributed by atoms with Crippen molar-refractivity contribution in [1.82, 2.24) is 10.2 Å². The summed E-state index contributed by atoms with van der Waals surface area (Å²) >= 11 is 0. The molecule has 3 heterocycles. The fraction of sp³-hybridized carbons (Fsp3) is 0.346. The van der Waals surface area contributed by atoms with Crippen LogP contribution in [-0.4, -0.2) is 54.8 Å². The van der Waals surface area contributed by atoms with Crippen molar-refractivity contribution >= 4 is 41.1 Å². The number of halogens is 1. The van der Waals surface area contributed by atoms with Crippen LogP contribution in [0.2, 0.25) is 0 Å². The summed E-state index contributed by atoms with van der Waals surface area (Å²) in [6.45, 7) is 0.198. The molecule has 6 rings (SSSR count). The van der Waals surface area contributed by atoms with E-state index in [1.165, 1.54) is 41.1 Å². The molecule has 2 fully saturated rings. The number of amides is 5. The third-order valence-corrected chi connectivity index (χ3v) is 7.75. The maximum atomic E-state index is 15.0. The molecule has 1 unspecified atom stereocenters. The zero-order valence-electron chi connectivity index (χ0n) is 20.2. The minimum atomic E-state index is -0.867. The Labute approximate surface area is 210 Å². The van der Waals surface area contributed by atoms with Gasteiger partial charge < -0.3 is 14.5 Å². The van der Waals surface area contributed by atoms with Gasteiger partial charge in [0.2, 0.25) is 17.7 Å². The molecule has 1 N–H and O–H groups in total. The zero-order valence-corrected chi connectivity index (χ0v) is 20.2. The molecule has 1 atom stereocenters. The van der Waals surface area contributed by atoms with E-state index in [0.717, 1.165) is 4.90 Å². The van der Waals surface area contributed by atoms with Gasteiger partial charge in [0.05, 0.1) is 16.8 Å². The number of carbonyl (C=O) groups is 5. The van der Waals surface area contributed by atoms with Crippen LogP contribution in [0.3, 0.4) is 0 Å². The molecule has 1 saturated carbocycles. The van der Waals surface area contributed by atoms with Gasteiger partial charge in [-0.25, -0.2) is 9.18 Å². The maximum absolute atomic E-state index is 15.0. The number of hydrogen-bond donors (Lipinski definition) is 1. The molecular formula is C26H23FN4O6. The largest absolute Gasteiger partial charge is 0.419 e. The molecule has 0 radical (unpaired) electrons. The lowest BCUT2D eigenvalue weighted by atomic mass is 9.97. The van der Waals surface area contributed by atoms with Crippen LogP contribution in [0.1, 0.15) is 47.2 Å². The molecule has 3 aliphatic heterocycles. The first-order valence-electron chi connectivity index (χ1n) is 12.0. The summed E-state index contributed by atoms with van der Waals surface area (Å²) in [4.78, 5) is 66.1. The average molecular weight is 506 g/mol. The van der Waals surface area contributed by atoms with Crippen LogP contribution < -0.4 is 19.9 Å². The van der Waals surface area contributed by atoms with E-state index < -0.39 is 35.2 Å². The van der Waals surface area contributed by atoms with Gasteiger partial charge in [0.25, 0.3) is 5.91 Å². The first kappa shape index (κ1) is 23.1. The zero-order chi connectivity index (χ0) is 26.2. The summed E-state index contributed by atoms with van der Waals surface area (Å²) in [5.41, 5.74) is 1.51. The van der Waals surface area contributed by atoms with Gasteiger partial charge >= 0.3 is 6.09 Å². The van der Waals surface area contributed by atoms with Gasteiger partial charge in [0.15, 0.2) is 0 Å². The number of benzene rings is 2. The minimum Gasteiger partial charge on any atom is -0.410 e. The first-order valence-corrected chi connectivity index (χ1v) is 12.0. The van der Waals surface area contributed by atoms with E-state index in [1.807, 2.05) is 0 Å².